The lowest BCUT2D eigenvalue weighted by Gasteiger charge is -2.04. The number of rotatable bonds is 2. The molecule has 5 nitrogen and oxygen atoms in total. The molecule has 16 heavy (non-hydrogen) atoms. The summed E-state index contributed by atoms with van der Waals surface area (Å²) >= 11 is 5.64. The first kappa shape index (κ1) is 11.2. The third kappa shape index (κ3) is 1.83. The average Bonchev–Trinajstić information content (AvgIpc) is 2.64. The average molecular weight is 253 g/mol. The molecule has 0 fully saturated rings. The number of thiol groups is 1. The first-order valence-corrected chi connectivity index (χ1v) is 6.14. The molecule has 0 spiro atoms. The molecule has 0 aliphatic rings. The Balaban J connectivity index is 2.50. The van der Waals surface area contributed by atoms with Crippen LogP contribution in [-0.4, -0.2) is 21.1 Å². The summed E-state index contributed by atoms with van der Waals surface area (Å²) in [4.78, 5) is 0.733. The summed E-state index contributed by atoms with van der Waals surface area (Å²) in [6.07, 6.45) is 1.89. The van der Waals surface area contributed by atoms with Crippen molar-refractivity contribution >= 4 is 30.1 Å². The van der Waals surface area contributed by atoms with Crippen molar-refractivity contribution in [2.24, 2.45) is 0 Å². The van der Waals surface area contributed by atoms with Gasteiger partial charge in [0, 0.05) is 16.1 Å². The first-order chi connectivity index (χ1) is 7.63. The van der Waals surface area contributed by atoms with Gasteiger partial charge in [-0.1, -0.05) is 11.8 Å². The molecule has 0 unspecified atom stereocenters. The smallest absolute Gasteiger partial charge is 0.209 e. The quantitative estimate of drug-likeness (QED) is 0.325. The van der Waals surface area contributed by atoms with Crippen molar-refractivity contribution in [3.05, 3.63) is 18.2 Å². The topological polar surface area (TPSA) is 82.8 Å². The highest BCUT2D eigenvalue weighted by Gasteiger charge is 2.11. The molecule has 2 rings (SSSR count). The predicted octanol–water partition coefficient (Wildman–Crippen LogP) is 1.25. The number of nitrogens with two attached hydrogens (primary N) is 2. The fourth-order valence-corrected chi connectivity index (χ4v) is 1.85. The van der Waals surface area contributed by atoms with Crippen molar-refractivity contribution in [3.8, 4) is 11.4 Å². The third-order valence-electron chi connectivity index (χ3n) is 2.13. The van der Waals surface area contributed by atoms with Gasteiger partial charge in [0.05, 0.1) is 0 Å². The Morgan fingerprint density at radius 2 is 2.12 bits per heavy atom. The normalized spacial score (nSPS) is 10.6. The van der Waals surface area contributed by atoms with Crippen LogP contribution in [0.15, 0.2) is 28.3 Å². The van der Waals surface area contributed by atoms with Crippen molar-refractivity contribution in [1.29, 1.82) is 0 Å². The Morgan fingerprint density at radius 3 is 2.69 bits per heavy atom. The van der Waals surface area contributed by atoms with Gasteiger partial charge < -0.3 is 11.6 Å². The third-order valence-corrected chi connectivity index (χ3v) is 3.18. The number of nitrogen functional groups attached to an aromatic ring is 2. The molecule has 0 aliphatic heterocycles. The summed E-state index contributed by atoms with van der Waals surface area (Å²) in [6, 6.07) is 5.44. The zero-order chi connectivity index (χ0) is 11.7. The number of benzene rings is 1. The van der Waals surface area contributed by atoms with Crippen molar-refractivity contribution in [3.63, 3.8) is 0 Å². The van der Waals surface area contributed by atoms with E-state index in [9.17, 15) is 0 Å². The summed E-state index contributed by atoms with van der Waals surface area (Å²) < 4.78 is 1.44. The van der Waals surface area contributed by atoms with Gasteiger partial charge in [0.25, 0.3) is 0 Å². The standard InChI is InChI=1S/C9H11N5S2/c1-16-9-13-12-8(14(9)11)5-2-3-7(15)6(10)4-5/h2-4,15H,10-11H2,1H3. The highest BCUT2D eigenvalue weighted by molar-refractivity contribution is 7.98. The van der Waals surface area contributed by atoms with Gasteiger partial charge in [-0.3, -0.25) is 0 Å². The number of nitrogens with zero attached hydrogens (tertiary/aromatic N) is 3. The summed E-state index contributed by atoms with van der Waals surface area (Å²) in [6.45, 7) is 0. The highest BCUT2D eigenvalue weighted by atomic mass is 32.2. The molecule has 0 amide bonds. The van der Waals surface area contributed by atoms with Crippen molar-refractivity contribution in [1.82, 2.24) is 14.9 Å². The lowest BCUT2D eigenvalue weighted by atomic mass is 10.2. The maximum Gasteiger partial charge on any atom is 0.209 e. The van der Waals surface area contributed by atoms with Gasteiger partial charge in [0.2, 0.25) is 5.16 Å². The Kier molecular flexibility index (Phi) is 2.97. The zero-order valence-electron chi connectivity index (χ0n) is 8.58. The van der Waals surface area contributed by atoms with Gasteiger partial charge in [0.15, 0.2) is 5.82 Å². The molecule has 84 valence electrons. The summed E-state index contributed by atoms with van der Waals surface area (Å²) in [7, 11) is 0. The Hall–Kier alpha value is -1.34. The van der Waals surface area contributed by atoms with E-state index < -0.39 is 0 Å². The number of hydrogen-bond acceptors (Lipinski definition) is 6. The Bertz CT molecular complexity index is 523. The van der Waals surface area contributed by atoms with Gasteiger partial charge in [-0.05, 0) is 24.5 Å². The van der Waals surface area contributed by atoms with E-state index in [0.717, 1.165) is 10.5 Å². The van der Waals surface area contributed by atoms with Crippen LogP contribution in [0.5, 0.6) is 0 Å². The van der Waals surface area contributed by atoms with E-state index >= 15 is 0 Å². The second kappa shape index (κ2) is 4.26. The number of aromatic nitrogens is 3. The van der Waals surface area contributed by atoms with Crippen LogP contribution in [0.25, 0.3) is 11.4 Å². The van der Waals surface area contributed by atoms with Crippen LogP contribution < -0.4 is 11.6 Å². The van der Waals surface area contributed by atoms with Crippen LogP contribution in [0.4, 0.5) is 5.69 Å². The molecule has 0 saturated heterocycles. The minimum atomic E-state index is 0.587. The van der Waals surface area contributed by atoms with E-state index in [2.05, 4.69) is 22.8 Å². The molecule has 0 bridgehead atoms. The van der Waals surface area contributed by atoms with Gasteiger partial charge in [-0.15, -0.1) is 22.8 Å². The highest BCUT2D eigenvalue weighted by Crippen LogP contribution is 2.25. The van der Waals surface area contributed by atoms with Crippen molar-refractivity contribution in [2.75, 3.05) is 17.8 Å². The summed E-state index contributed by atoms with van der Waals surface area (Å²) in [5.41, 5.74) is 7.18. The van der Waals surface area contributed by atoms with Crippen LogP contribution in [0.3, 0.4) is 0 Å². The second-order valence-corrected chi connectivity index (χ2v) is 4.41. The maximum atomic E-state index is 5.84. The molecule has 0 aliphatic carbocycles. The fourth-order valence-electron chi connectivity index (χ4n) is 1.31. The van der Waals surface area contributed by atoms with Crippen LogP contribution in [0, 0.1) is 0 Å². The Labute approximate surface area is 103 Å². The number of thioether (sulfide) groups is 1. The van der Waals surface area contributed by atoms with Gasteiger partial charge in [0.1, 0.15) is 0 Å². The van der Waals surface area contributed by atoms with Gasteiger partial charge >= 0.3 is 0 Å². The molecule has 7 heteroatoms. The summed E-state index contributed by atoms with van der Waals surface area (Å²) in [5, 5.41) is 8.62. The van der Waals surface area contributed by atoms with Crippen molar-refractivity contribution < 1.29 is 0 Å². The molecule has 1 aromatic carbocycles. The van der Waals surface area contributed by atoms with Gasteiger partial charge in [-0.2, -0.15) is 0 Å². The predicted molar refractivity (Wildman–Crippen MR) is 69.1 cm³/mol. The van der Waals surface area contributed by atoms with Crippen LogP contribution in [-0.2, 0) is 0 Å². The minimum absolute atomic E-state index is 0.587. The van der Waals surface area contributed by atoms with E-state index in [-0.39, 0.29) is 0 Å². The monoisotopic (exact) mass is 253 g/mol. The van der Waals surface area contributed by atoms with E-state index in [1.807, 2.05) is 12.3 Å². The van der Waals surface area contributed by atoms with Crippen molar-refractivity contribution in [2.45, 2.75) is 10.1 Å². The van der Waals surface area contributed by atoms with Crippen LogP contribution in [0.2, 0.25) is 0 Å². The first-order valence-electron chi connectivity index (χ1n) is 4.47. The van der Waals surface area contributed by atoms with E-state index in [0.29, 0.717) is 16.7 Å². The molecule has 2 aromatic rings. The molecule has 0 atom stereocenters. The largest absolute Gasteiger partial charge is 0.398 e. The number of anilines is 1. The summed E-state index contributed by atoms with van der Waals surface area (Å²) in [5.74, 6) is 6.43. The fraction of sp³-hybridized carbons (Fsp3) is 0.111. The maximum absolute atomic E-state index is 5.84. The molecule has 1 aromatic heterocycles. The van der Waals surface area contributed by atoms with E-state index in [1.165, 1.54) is 16.4 Å². The minimum Gasteiger partial charge on any atom is -0.398 e. The zero-order valence-corrected chi connectivity index (χ0v) is 10.3. The molecular formula is C9H11N5S2. The molecule has 4 N–H and O–H groups in total. The molecular weight excluding hydrogens is 242 g/mol. The molecule has 0 radical (unpaired) electrons. The van der Waals surface area contributed by atoms with Crippen LogP contribution >= 0.6 is 24.4 Å². The lowest BCUT2D eigenvalue weighted by molar-refractivity contribution is 0.852. The van der Waals surface area contributed by atoms with E-state index in [1.54, 1.807) is 12.1 Å². The second-order valence-electron chi connectivity index (χ2n) is 3.15. The van der Waals surface area contributed by atoms with E-state index in [4.69, 9.17) is 11.6 Å². The molecule has 0 saturated carbocycles. The Morgan fingerprint density at radius 1 is 1.38 bits per heavy atom. The van der Waals surface area contributed by atoms with Crippen LogP contribution in [0.1, 0.15) is 0 Å². The molecule has 1 heterocycles. The lowest BCUT2D eigenvalue weighted by Crippen LogP contribution is -2.11. The number of hydrogen-bond donors (Lipinski definition) is 3. The van der Waals surface area contributed by atoms with Gasteiger partial charge in [-0.25, -0.2) is 4.68 Å². The SMILES string of the molecule is CSc1nnc(-c2ccc(S)c(N)c2)n1N.